The van der Waals surface area contributed by atoms with E-state index >= 15 is 0 Å². The number of aromatic nitrogens is 2. The van der Waals surface area contributed by atoms with E-state index in [0.29, 0.717) is 31.0 Å². The highest BCUT2D eigenvalue weighted by Gasteiger charge is 2.63. The van der Waals surface area contributed by atoms with Crippen molar-refractivity contribution in [1.82, 2.24) is 15.5 Å². The van der Waals surface area contributed by atoms with Gasteiger partial charge in [-0.2, -0.15) is 13.8 Å². The number of halogens is 3. The molecule has 2 aromatic rings. The van der Waals surface area contributed by atoms with Crippen LogP contribution < -0.4 is 5.32 Å². The van der Waals surface area contributed by atoms with Crippen molar-refractivity contribution in [3.8, 4) is 0 Å². The molecular weight excluding hydrogens is 536 g/mol. The lowest BCUT2D eigenvalue weighted by molar-refractivity contribution is -0.184. The van der Waals surface area contributed by atoms with Crippen LogP contribution >= 0.6 is 15.9 Å². The van der Waals surface area contributed by atoms with Crippen LogP contribution in [0.3, 0.4) is 0 Å². The van der Waals surface area contributed by atoms with Gasteiger partial charge in [0.1, 0.15) is 0 Å². The molecule has 7 nitrogen and oxygen atoms in total. The summed E-state index contributed by atoms with van der Waals surface area (Å²) in [4.78, 5) is 29.6. The number of nitrogens with one attached hydrogen (secondary N) is 1. The van der Waals surface area contributed by atoms with Gasteiger partial charge in [-0.25, -0.2) is 4.79 Å². The van der Waals surface area contributed by atoms with Gasteiger partial charge in [-0.15, -0.1) is 0 Å². The van der Waals surface area contributed by atoms with Crippen LogP contribution in [0.5, 0.6) is 0 Å². The summed E-state index contributed by atoms with van der Waals surface area (Å²) in [7, 11) is 0. The number of hydrogen-bond donors (Lipinski definition) is 1. The van der Waals surface area contributed by atoms with E-state index in [-0.39, 0.29) is 11.5 Å². The molecule has 8 rings (SSSR count). The Balaban J connectivity index is 1.22. The minimum atomic E-state index is -3.18. The molecule has 6 aliphatic rings. The van der Waals surface area contributed by atoms with E-state index < -0.39 is 34.7 Å². The predicted molar refractivity (Wildman–Crippen MR) is 127 cm³/mol. The van der Waals surface area contributed by atoms with Crippen LogP contribution in [0.1, 0.15) is 88.0 Å². The molecule has 6 aliphatic carbocycles. The van der Waals surface area contributed by atoms with E-state index in [0.717, 1.165) is 55.5 Å². The van der Waals surface area contributed by atoms with Crippen molar-refractivity contribution in [2.75, 3.05) is 0 Å². The summed E-state index contributed by atoms with van der Waals surface area (Å²) in [5.74, 6) is -3.29. The first-order valence-corrected chi connectivity index (χ1v) is 13.3. The molecule has 0 spiro atoms. The van der Waals surface area contributed by atoms with Crippen molar-refractivity contribution in [3.63, 3.8) is 0 Å². The molecule has 6 fully saturated rings. The van der Waals surface area contributed by atoms with E-state index in [2.05, 4.69) is 31.4 Å². The van der Waals surface area contributed by atoms with Crippen LogP contribution in [-0.2, 0) is 20.9 Å². The summed E-state index contributed by atoms with van der Waals surface area (Å²) in [6.45, 7) is 0.751. The third-order valence-corrected chi connectivity index (χ3v) is 9.79. The van der Waals surface area contributed by atoms with Crippen LogP contribution in [0.4, 0.5) is 13.6 Å². The number of fused-ring (bicyclic) bond motifs is 3. The Morgan fingerprint density at radius 2 is 1.83 bits per heavy atom. The quantitative estimate of drug-likeness (QED) is 0.326. The van der Waals surface area contributed by atoms with Crippen LogP contribution in [0.15, 0.2) is 33.3 Å². The van der Waals surface area contributed by atoms with Crippen molar-refractivity contribution < 1.29 is 27.6 Å². The van der Waals surface area contributed by atoms with E-state index in [9.17, 15) is 18.4 Å². The molecule has 0 aliphatic heterocycles. The van der Waals surface area contributed by atoms with Gasteiger partial charge in [-0.1, -0.05) is 33.2 Å². The summed E-state index contributed by atoms with van der Waals surface area (Å²) in [5.41, 5.74) is -0.181. The molecule has 1 N–H and O–H groups in total. The molecule has 4 bridgehead atoms. The number of carbonyl (C=O) groups excluding carboxylic acids is 2. The zero-order valence-electron chi connectivity index (χ0n) is 20.0. The molecule has 0 radical (unpaired) electrons. The molecule has 1 unspecified atom stereocenters. The standard InChI is InChI=1S/C26H28BrF2N3O4/c1-23(28,29)20-31-19(32-36-20)25-8-5-24(6-9-25,7-10-25)18(16-3-2-4-17(27)11-16)30-22(34)35-21(33)26-12-15(13-26)14-26/h2-4,11,15,18H,5-10,12-14H2,1H3,(H,30,34). The number of benzene rings is 1. The highest BCUT2D eigenvalue weighted by molar-refractivity contribution is 9.10. The van der Waals surface area contributed by atoms with E-state index in [4.69, 9.17) is 9.26 Å². The molecule has 36 heavy (non-hydrogen) atoms. The maximum atomic E-state index is 13.7. The first-order chi connectivity index (χ1) is 17.0. The minimum Gasteiger partial charge on any atom is -0.376 e. The number of amides is 1. The van der Waals surface area contributed by atoms with Gasteiger partial charge < -0.3 is 14.6 Å². The average Bonchev–Trinajstić information content (AvgIpc) is 3.28. The number of ether oxygens (including phenoxy) is 1. The number of hydrogen-bond acceptors (Lipinski definition) is 6. The van der Waals surface area contributed by atoms with E-state index in [1.165, 1.54) is 0 Å². The summed E-state index contributed by atoms with van der Waals surface area (Å²) in [6, 6.07) is 7.44. The second-order valence-electron chi connectivity index (χ2n) is 11.5. The minimum absolute atomic E-state index is 0.262. The molecule has 1 atom stereocenters. The van der Waals surface area contributed by atoms with Gasteiger partial charge in [0.15, 0.2) is 5.82 Å². The molecule has 0 saturated heterocycles. The number of rotatable bonds is 6. The first-order valence-electron chi connectivity index (χ1n) is 12.5. The van der Waals surface area contributed by atoms with E-state index in [1.807, 2.05) is 24.3 Å². The summed E-state index contributed by atoms with van der Waals surface area (Å²) >= 11 is 3.53. The van der Waals surface area contributed by atoms with Gasteiger partial charge >= 0.3 is 18.0 Å². The normalized spacial score (nSPS) is 33.3. The third kappa shape index (κ3) is 3.78. The van der Waals surface area contributed by atoms with Crippen molar-refractivity contribution in [3.05, 3.63) is 46.0 Å². The van der Waals surface area contributed by atoms with Gasteiger partial charge in [-0.3, -0.25) is 4.79 Å². The summed E-state index contributed by atoms with van der Waals surface area (Å²) < 4.78 is 38.5. The van der Waals surface area contributed by atoms with Crippen LogP contribution in [0.2, 0.25) is 0 Å². The predicted octanol–water partition coefficient (Wildman–Crippen LogP) is 6.33. The van der Waals surface area contributed by atoms with Crippen molar-refractivity contribution >= 4 is 28.0 Å². The largest absolute Gasteiger partial charge is 0.415 e. The Morgan fingerprint density at radius 1 is 1.17 bits per heavy atom. The Hall–Kier alpha value is -2.36. The molecule has 192 valence electrons. The third-order valence-electron chi connectivity index (χ3n) is 9.29. The number of alkyl carbamates (subject to hydrolysis) is 1. The van der Waals surface area contributed by atoms with Crippen LogP contribution in [-0.4, -0.2) is 22.2 Å². The van der Waals surface area contributed by atoms with Crippen molar-refractivity contribution in [2.24, 2.45) is 16.7 Å². The highest BCUT2D eigenvalue weighted by atomic mass is 79.9. The van der Waals surface area contributed by atoms with Crippen LogP contribution in [0.25, 0.3) is 0 Å². The fraction of sp³-hybridized carbons (Fsp3) is 0.615. The second-order valence-corrected chi connectivity index (χ2v) is 12.4. The van der Waals surface area contributed by atoms with Gasteiger partial charge in [-0.05, 0) is 86.8 Å². The zero-order valence-corrected chi connectivity index (χ0v) is 21.6. The fourth-order valence-corrected chi connectivity index (χ4v) is 7.36. The number of carbonyl (C=O) groups is 2. The Kier molecular flexibility index (Phi) is 5.38. The molecule has 1 aromatic heterocycles. The Morgan fingerprint density at radius 3 is 2.36 bits per heavy atom. The van der Waals surface area contributed by atoms with E-state index in [1.54, 1.807) is 0 Å². The molecule has 1 aromatic carbocycles. The lowest BCUT2D eigenvalue weighted by Gasteiger charge is -2.59. The Bertz CT molecular complexity index is 1180. The second kappa shape index (κ2) is 8.07. The fourth-order valence-electron chi connectivity index (χ4n) is 6.94. The van der Waals surface area contributed by atoms with Crippen molar-refractivity contribution in [1.29, 1.82) is 0 Å². The lowest BCUT2D eigenvalue weighted by Crippen LogP contribution is -2.58. The number of esters is 1. The summed E-state index contributed by atoms with van der Waals surface area (Å²) in [5, 5.41) is 6.97. The molecular formula is C26H28BrF2N3O4. The summed E-state index contributed by atoms with van der Waals surface area (Å²) in [6.07, 6.45) is 6.10. The van der Waals surface area contributed by atoms with Crippen LogP contribution in [0, 0.1) is 16.7 Å². The highest BCUT2D eigenvalue weighted by Crippen LogP contribution is 2.65. The topological polar surface area (TPSA) is 94.3 Å². The average molecular weight is 564 g/mol. The van der Waals surface area contributed by atoms with Crippen molar-refractivity contribution in [2.45, 2.75) is 82.1 Å². The maximum absolute atomic E-state index is 13.7. The molecule has 6 saturated carbocycles. The number of alkyl halides is 2. The number of nitrogens with zero attached hydrogens (tertiary/aromatic N) is 2. The SMILES string of the molecule is CC(F)(F)c1nc(C23CCC(C(NC(=O)OC(=O)C45CC(C4)C5)c4cccc(Br)c4)(CC2)CC3)no1. The maximum Gasteiger partial charge on any atom is 0.415 e. The molecule has 1 amide bonds. The monoisotopic (exact) mass is 563 g/mol. The molecule has 1 heterocycles. The van der Waals surface area contributed by atoms with Gasteiger partial charge in [0, 0.05) is 16.8 Å². The first kappa shape index (κ1) is 24.0. The smallest absolute Gasteiger partial charge is 0.376 e. The van der Waals surface area contributed by atoms with Gasteiger partial charge in [0.25, 0.3) is 5.89 Å². The lowest BCUT2D eigenvalue weighted by atomic mass is 9.44. The molecule has 10 heteroatoms. The van der Waals surface area contributed by atoms with Gasteiger partial charge in [0.05, 0.1) is 11.5 Å². The Labute approximate surface area is 215 Å². The van der Waals surface area contributed by atoms with Gasteiger partial charge in [0.2, 0.25) is 0 Å². The zero-order chi connectivity index (χ0) is 25.3.